The molecule has 0 bridgehead atoms. The minimum Gasteiger partial charge on any atom is -0.497 e. The summed E-state index contributed by atoms with van der Waals surface area (Å²) in [7, 11) is 1.59. The summed E-state index contributed by atoms with van der Waals surface area (Å²) in [5.74, 6) is 0.0632. The second-order valence-electron chi connectivity index (χ2n) is 6.47. The molecule has 1 aromatic heterocycles. The first-order valence-corrected chi connectivity index (χ1v) is 10.3. The smallest absolute Gasteiger partial charge is 0.326 e. The number of thiazole rings is 1. The van der Waals surface area contributed by atoms with E-state index in [1.807, 2.05) is 36.4 Å². The number of aryl methyl sites for hydroxylation is 1. The third kappa shape index (κ3) is 5.12. The zero-order chi connectivity index (χ0) is 20.8. The van der Waals surface area contributed by atoms with Gasteiger partial charge in [-0.25, -0.2) is 0 Å². The summed E-state index contributed by atoms with van der Waals surface area (Å²) in [5.41, 5.74) is 2.88. The molecular formula is C22H24N2O4S. The molecule has 0 atom stereocenters. The Morgan fingerprint density at radius 2 is 1.93 bits per heavy atom. The van der Waals surface area contributed by atoms with Gasteiger partial charge in [-0.2, -0.15) is 4.99 Å². The average molecular weight is 413 g/mol. The normalized spacial score (nSPS) is 11.6. The summed E-state index contributed by atoms with van der Waals surface area (Å²) in [4.78, 5) is 29.5. The van der Waals surface area contributed by atoms with Crippen LogP contribution in [-0.4, -0.2) is 30.2 Å². The van der Waals surface area contributed by atoms with Crippen LogP contribution in [0.4, 0.5) is 0 Å². The highest BCUT2D eigenvalue weighted by Gasteiger charge is 2.13. The fraction of sp³-hybridized carbons (Fsp3) is 0.318. The van der Waals surface area contributed by atoms with Crippen LogP contribution in [0, 0.1) is 0 Å². The molecule has 6 nitrogen and oxygen atoms in total. The molecule has 29 heavy (non-hydrogen) atoms. The number of carbonyl (C=O) groups is 2. The molecule has 0 fully saturated rings. The predicted octanol–water partition coefficient (Wildman–Crippen LogP) is 3.51. The Bertz CT molecular complexity index is 1100. The first kappa shape index (κ1) is 20.8. The van der Waals surface area contributed by atoms with Gasteiger partial charge in [-0.15, -0.1) is 0 Å². The van der Waals surface area contributed by atoms with Crippen molar-refractivity contribution in [3.05, 3.63) is 58.4 Å². The van der Waals surface area contributed by atoms with E-state index in [1.54, 1.807) is 18.6 Å². The van der Waals surface area contributed by atoms with Crippen molar-refractivity contribution >= 4 is 33.4 Å². The predicted molar refractivity (Wildman–Crippen MR) is 113 cm³/mol. The maximum atomic E-state index is 12.6. The summed E-state index contributed by atoms with van der Waals surface area (Å²) in [5, 5.41) is 0. The SMILES string of the molecule is CCOC(=O)Cn1c(=NC(=O)Cc2cccc(OC)c2)sc2cc(CC)ccc21. The molecule has 3 rings (SSSR count). The van der Waals surface area contributed by atoms with E-state index in [9.17, 15) is 9.59 Å². The van der Waals surface area contributed by atoms with Gasteiger partial charge in [0.15, 0.2) is 4.80 Å². The van der Waals surface area contributed by atoms with E-state index >= 15 is 0 Å². The molecule has 0 aliphatic rings. The fourth-order valence-electron chi connectivity index (χ4n) is 3.01. The van der Waals surface area contributed by atoms with Crippen molar-refractivity contribution < 1.29 is 19.1 Å². The highest BCUT2D eigenvalue weighted by atomic mass is 32.1. The summed E-state index contributed by atoms with van der Waals surface area (Å²) >= 11 is 1.40. The number of benzene rings is 2. The second kappa shape index (κ2) is 9.52. The lowest BCUT2D eigenvalue weighted by atomic mass is 10.1. The summed E-state index contributed by atoms with van der Waals surface area (Å²) in [6, 6.07) is 13.4. The van der Waals surface area contributed by atoms with E-state index in [0.29, 0.717) is 17.2 Å². The van der Waals surface area contributed by atoms with Gasteiger partial charge in [-0.05, 0) is 48.7 Å². The van der Waals surface area contributed by atoms with Gasteiger partial charge in [0.25, 0.3) is 5.91 Å². The van der Waals surface area contributed by atoms with Crippen molar-refractivity contribution in [3.8, 4) is 5.75 Å². The van der Waals surface area contributed by atoms with Gasteiger partial charge in [-0.1, -0.05) is 36.5 Å². The number of carbonyl (C=O) groups excluding carboxylic acids is 2. The molecule has 0 saturated heterocycles. The number of ether oxygens (including phenoxy) is 2. The Morgan fingerprint density at radius 1 is 1.10 bits per heavy atom. The van der Waals surface area contributed by atoms with Crippen LogP contribution in [0.3, 0.4) is 0 Å². The van der Waals surface area contributed by atoms with Crippen molar-refractivity contribution in [3.63, 3.8) is 0 Å². The van der Waals surface area contributed by atoms with Crippen LogP contribution in [0.15, 0.2) is 47.5 Å². The number of esters is 1. The number of amides is 1. The zero-order valence-electron chi connectivity index (χ0n) is 16.8. The second-order valence-corrected chi connectivity index (χ2v) is 7.47. The molecule has 0 aliphatic heterocycles. The van der Waals surface area contributed by atoms with Gasteiger partial charge in [0, 0.05) is 0 Å². The number of methoxy groups -OCH3 is 1. The largest absolute Gasteiger partial charge is 0.497 e. The Morgan fingerprint density at radius 3 is 2.66 bits per heavy atom. The minimum atomic E-state index is -0.353. The van der Waals surface area contributed by atoms with E-state index in [4.69, 9.17) is 9.47 Å². The van der Waals surface area contributed by atoms with Crippen LogP contribution in [0.2, 0.25) is 0 Å². The molecular weight excluding hydrogens is 388 g/mol. The third-order valence-corrected chi connectivity index (χ3v) is 5.50. The van der Waals surface area contributed by atoms with E-state index in [0.717, 1.165) is 22.2 Å². The standard InChI is InChI=1S/C22H24N2O4S/c1-4-15-9-10-18-19(12-15)29-22(24(18)14-21(26)28-5-2)23-20(25)13-16-7-6-8-17(11-16)27-3/h6-12H,4-5,13-14H2,1-3H3. The van der Waals surface area contributed by atoms with Crippen molar-refractivity contribution in [2.75, 3.05) is 13.7 Å². The van der Waals surface area contributed by atoms with Crippen molar-refractivity contribution in [1.29, 1.82) is 0 Å². The maximum absolute atomic E-state index is 12.6. The minimum absolute atomic E-state index is 0.0184. The molecule has 0 unspecified atom stereocenters. The number of rotatable bonds is 7. The first-order chi connectivity index (χ1) is 14.0. The summed E-state index contributed by atoms with van der Waals surface area (Å²) in [6.07, 6.45) is 1.07. The van der Waals surface area contributed by atoms with E-state index in [2.05, 4.69) is 18.0 Å². The molecule has 0 aliphatic carbocycles. The van der Waals surface area contributed by atoms with Gasteiger partial charge in [0.1, 0.15) is 12.3 Å². The maximum Gasteiger partial charge on any atom is 0.326 e. The van der Waals surface area contributed by atoms with Gasteiger partial charge < -0.3 is 14.0 Å². The Hall–Kier alpha value is -2.93. The van der Waals surface area contributed by atoms with Gasteiger partial charge in [0.2, 0.25) is 0 Å². The van der Waals surface area contributed by atoms with Crippen molar-refractivity contribution in [2.45, 2.75) is 33.2 Å². The van der Waals surface area contributed by atoms with Crippen LogP contribution in [0.25, 0.3) is 10.2 Å². The molecule has 1 amide bonds. The van der Waals surface area contributed by atoms with Crippen LogP contribution < -0.4 is 9.54 Å². The average Bonchev–Trinajstić information content (AvgIpc) is 3.04. The molecule has 0 N–H and O–H groups in total. The van der Waals surface area contributed by atoms with Gasteiger partial charge in [0.05, 0.1) is 30.4 Å². The Kier molecular flexibility index (Phi) is 6.82. The van der Waals surface area contributed by atoms with Crippen molar-refractivity contribution in [1.82, 2.24) is 4.57 Å². The Labute approximate surface area is 173 Å². The summed E-state index contributed by atoms with van der Waals surface area (Å²) in [6.45, 7) is 4.18. The Balaban J connectivity index is 1.98. The molecule has 0 saturated carbocycles. The van der Waals surface area contributed by atoms with E-state index in [-0.39, 0.29) is 24.8 Å². The highest BCUT2D eigenvalue weighted by Crippen LogP contribution is 2.20. The lowest BCUT2D eigenvalue weighted by molar-refractivity contribution is -0.143. The van der Waals surface area contributed by atoms with Crippen LogP contribution in [-0.2, 0) is 33.7 Å². The molecule has 7 heteroatoms. The zero-order valence-corrected chi connectivity index (χ0v) is 17.6. The molecule has 1 heterocycles. The van der Waals surface area contributed by atoms with Crippen LogP contribution >= 0.6 is 11.3 Å². The number of nitrogens with zero attached hydrogens (tertiary/aromatic N) is 2. The topological polar surface area (TPSA) is 69.9 Å². The van der Waals surface area contributed by atoms with Crippen LogP contribution in [0.1, 0.15) is 25.0 Å². The number of hydrogen-bond donors (Lipinski definition) is 0. The molecule has 0 radical (unpaired) electrons. The van der Waals surface area contributed by atoms with Gasteiger partial charge in [-0.3, -0.25) is 9.59 Å². The lowest BCUT2D eigenvalue weighted by Crippen LogP contribution is -2.23. The quantitative estimate of drug-likeness (QED) is 0.557. The van der Waals surface area contributed by atoms with Gasteiger partial charge >= 0.3 is 5.97 Å². The monoisotopic (exact) mass is 412 g/mol. The number of fused-ring (bicyclic) bond motifs is 1. The highest BCUT2D eigenvalue weighted by molar-refractivity contribution is 7.16. The van der Waals surface area contributed by atoms with E-state index in [1.165, 1.54) is 16.9 Å². The molecule has 152 valence electrons. The first-order valence-electron chi connectivity index (χ1n) is 9.52. The molecule has 2 aromatic carbocycles. The van der Waals surface area contributed by atoms with Crippen molar-refractivity contribution in [2.24, 2.45) is 4.99 Å². The fourth-order valence-corrected chi connectivity index (χ4v) is 4.12. The molecule has 0 spiro atoms. The lowest BCUT2D eigenvalue weighted by Gasteiger charge is -2.05. The number of aromatic nitrogens is 1. The molecule has 3 aromatic rings. The third-order valence-electron chi connectivity index (χ3n) is 4.46. The number of hydrogen-bond acceptors (Lipinski definition) is 5. The summed E-state index contributed by atoms with van der Waals surface area (Å²) < 4.78 is 13.0. The van der Waals surface area contributed by atoms with Crippen LogP contribution in [0.5, 0.6) is 5.75 Å². The van der Waals surface area contributed by atoms with E-state index < -0.39 is 0 Å².